The van der Waals surface area contributed by atoms with Crippen LogP contribution in [0.5, 0.6) is 5.75 Å². The van der Waals surface area contributed by atoms with E-state index in [0.29, 0.717) is 24.4 Å². The predicted molar refractivity (Wildman–Crippen MR) is 138 cm³/mol. The van der Waals surface area contributed by atoms with Crippen molar-refractivity contribution in [3.8, 4) is 5.75 Å². The van der Waals surface area contributed by atoms with Gasteiger partial charge in [0.05, 0.1) is 5.56 Å². The van der Waals surface area contributed by atoms with E-state index in [-0.39, 0.29) is 11.3 Å². The SMILES string of the molecule is CC.CC.NC(=O)NCCCC([NH3+])C(=O)O.O=C(O)C(Oc1cccc(C(F)(F)F)c1)c1ccc(Cl)cc1. The van der Waals surface area contributed by atoms with E-state index >= 15 is 0 Å². The van der Waals surface area contributed by atoms with Crippen molar-refractivity contribution < 1.29 is 48.2 Å². The molecule has 214 valence electrons. The molecule has 2 atom stereocenters. The minimum absolute atomic E-state index is 0.183. The Balaban J connectivity index is 0. The number of alkyl halides is 3. The fourth-order valence-corrected chi connectivity index (χ4v) is 2.59. The van der Waals surface area contributed by atoms with Crippen molar-refractivity contribution in [3.05, 3.63) is 64.7 Å². The summed E-state index contributed by atoms with van der Waals surface area (Å²) in [5.74, 6) is -2.43. The molecule has 13 heteroatoms. The number of rotatable bonds is 9. The molecule has 9 nitrogen and oxygen atoms in total. The van der Waals surface area contributed by atoms with Crippen molar-refractivity contribution in [3.63, 3.8) is 0 Å². The number of carbonyl (C=O) groups is 3. The lowest BCUT2D eigenvalue weighted by Crippen LogP contribution is -2.64. The molecule has 2 aromatic rings. The first-order valence-electron chi connectivity index (χ1n) is 11.7. The average molecular weight is 567 g/mol. The number of halogens is 4. The van der Waals surface area contributed by atoms with Gasteiger partial charge in [0.25, 0.3) is 0 Å². The molecule has 0 radical (unpaired) electrons. The first-order valence-corrected chi connectivity index (χ1v) is 12.1. The molecule has 2 aromatic carbocycles. The molecule has 0 heterocycles. The highest BCUT2D eigenvalue weighted by Crippen LogP contribution is 2.32. The van der Waals surface area contributed by atoms with Crippen LogP contribution >= 0.6 is 11.6 Å². The summed E-state index contributed by atoms with van der Waals surface area (Å²) in [5.41, 5.74) is 7.56. The Bertz CT molecular complexity index is 976. The van der Waals surface area contributed by atoms with Gasteiger partial charge >= 0.3 is 24.1 Å². The Kier molecular flexibility index (Phi) is 18.9. The van der Waals surface area contributed by atoms with Gasteiger partial charge in [0.2, 0.25) is 6.10 Å². The maximum Gasteiger partial charge on any atom is 0.416 e. The smallest absolute Gasteiger partial charge is 0.416 e. The molecule has 0 saturated heterocycles. The van der Waals surface area contributed by atoms with Crippen molar-refractivity contribution in [2.24, 2.45) is 5.73 Å². The van der Waals surface area contributed by atoms with Gasteiger partial charge in [-0.3, -0.25) is 0 Å². The van der Waals surface area contributed by atoms with E-state index in [1.165, 1.54) is 30.3 Å². The van der Waals surface area contributed by atoms with Crippen molar-refractivity contribution in [2.75, 3.05) is 6.54 Å². The fraction of sp³-hybridized carbons (Fsp3) is 0.400. The summed E-state index contributed by atoms with van der Waals surface area (Å²) < 4.78 is 43.1. The standard InChI is InChI=1S/C15H10ClF3O3.C6H13N3O3.2C2H6/c16-11-6-4-9(5-7-11)13(14(20)21)22-12-3-1-2-10(8-12)15(17,18)19;7-4(5(10)11)2-1-3-9-6(8)12;2*1-2/h1-8,13H,(H,20,21);4H,1-3,7H2,(H,10,11)(H3,8,9,12);2*1-2H3/p+1. The number of aliphatic carboxylic acids is 2. The van der Waals surface area contributed by atoms with Gasteiger partial charge in [-0.25, -0.2) is 14.4 Å². The highest BCUT2D eigenvalue weighted by molar-refractivity contribution is 6.30. The maximum atomic E-state index is 12.6. The number of nitrogens with one attached hydrogen (secondary N) is 1. The van der Waals surface area contributed by atoms with Gasteiger partial charge in [0.15, 0.2) is 6.04 Å². The van der Waals surface area contributed by atoms with Crippen molar-refractivity contribution >= 4 is 29.6 Å². The number of amides is 2. The van der Waals surface area contributed by atoms with Gasteiger partial charge in [0, 0.05) is 23.6 Å². The Hall–Kier alpha value is -3.51. The van der Waals surface area contributed by atoms with E-state index in [4.69, 9.17) is 27.2 Å². The number of ether oxygens (including phenoxy) is 1. The molecule has 38 heavy (non-hydrogen) atoms. The number of hydrogen-bond acceptors (Lipinski definition) is 4. The molecule has 0 spiro atoms. The summed E-state index contributed by atoms with van der Waals surface area (Å²) in [6.07, 6.45) is -4.95. The van der Waals surface area contributed by atoms with Crippen molar-refractivity contribution in [1.29, 1.82) is 0 Å². The number of urea groups is 1. The first kappa shape index (κ1) is 36.6. The molecule has 2 amide bonds. The largest absolute Gasteiger partial charge is 0.478 e. The summed E-state index contributed by atoms with van der Waals surface area (Å²) in [7, 11) is 0. The summed E-state index contributed by atoms with van der Waals surface area (Å²) in [5, 5.41) is 20.4. The van der Waals surface area contributed by atoms with E-state index in [0.717, 1.165) is 18.2 Å². The summed E-state index contributed by atoms with van der Waals surface area (Å²) in [6, 6.07) is 8.68. The molecule has 0 aromatic heterocycles. The minimum atomic E-state index is -4.53. The molecule has 0 fully saturated rings. The molecular formula is C25H36ClF3N3O6+. The molecule has 2 unspecified atom stereocenters. The van der Waals surface area contributed by atoms with Crippen LogP contribution in [-0.4, -0.2) is 40.8 Å². The van der Waals surface area contributed by atoms with Crippen molar-refractivity contribution in [2.45, 2.75) is 58.9 Å². The summed E-state index contributed by atoms with van der Waals surface area (Å²) in [6.45, 7) is 8.40. The topological polar surface area (TPSA) is 167 Å². The molecule has 0 aliphatic rings. The lowest BCUT2D eigenvalue weighted by atomic mass is 10.1. The molecule has 0 bridgehead atoms. The van der Waals surface area contributed by atoms with E-state index in [9.17, 15) is 32.7 Å². The highest BCUT2D eigenvalue weighted by Gasteiger charge is 2.31. The minimum Gasteiger partial charge on any atom is -0.478 e. The fourth-order valence-electron chi connectivity index (χ4n) is 2.46. The molecule has 0 aliphatic heterocycles. The number of nitrogens with two attached hydrogens (primary N) is 1. The number of benzene rings is 2. The van der Waals surface area contributed by atoms with Gasteiger partial charge < -0.3 is 31.7 Å². The van der Waals surface area contributed by atoms with E-state index < -0.39 is 41.9 Å². The van der Waals surface area contributed by atoms with Gasteiger partial charge in [-0.1, -0.05) is 57.5 Å². The number of quaternary nitrogens is 1. The van der Waals surface area contributed by atoms with Crippen LogP contribution in [0.25, 0.3) is 0 Å². The third-order valence-electron chi connectivity index (χ3n) is 4.19. The number of hydrogen-bond donors (Lipinski definition) is 5. The molecular weight excluding hydrogens is 531 g/mol. The number of carboxylic acids is 2. The third-order valence-corrected chi connectivity index (χ3v) is 4.44. The summed E-state index contributed by atoms with van der Waals surface area (Å²) in [4.78, 5) is 31.7. The quantitative estimate of drug-likeness (QED) is 0.275. The van der Waals surface area contributed by atoms with Crippen LogP contribution in [0.4, 0.5) is 18.0 Å². The van der Waals surface area contributed by atoms with Crippen LogP contribution in [0.2, 0.25) is 5.02 Å². The third kappa shape index (κ3) is 15.6. The van der Waals surface area contributed by atoms with E-state index in [1.807, 2.05) is 27.7 Å². The summed E-state index contributed by atoms with van der Waals surface area (Å²) >= 11 is 5.71. The predicted octanol–water partition coefficient (Wildman–Crippen LogP) is 4.75. The lowest BCUT2D eigenvalue weighted by molar-refractivity contribution is -0.409. The van der Waals surface area contributed by atoms with E-state index in [1.54, 1.807) is 0 Å². The molecule has 0 aliphatic carbocycles. The zero-order chi connectivity index (χ0) is 29.9. The van der Waals surface area contributed by atoms with Crippen LogP contribution in [0, 0.1) is 0 Å². The zero-order valence-electron chi connectivity index (χ0n) is 21.7. The van der Waals surface area contributed by atoms with Crippen LogP contribution in [-0.2, 0) is 15.8 Å². The van der Waals surface area contributed by atoms with Gasteiger partial charge in [-0.15, -0.1) is 0 Å². The Morgan fingerprint density at radius 3 is 2.03 bits per heavy atom. The van der Waals surface area contributed by atoms with Crippen LogP contribution in [0.3, 0.4) is 0 Å². The average Bonchev–Trinajstić information content (AvgIpc) is 2.88. The second kappa shape index (κ2) is 19.6. The maximum absolute atomic E-state index is 12.6. The first-order chi connectivity index (χ1) is 17.8. The van der Waals surface area contributed by atoms with Gasteiger partial charge in [-0.2, -0.15) is 13.2 Å². The monoisotopic (exact) mass is 566 g/mol. The lowest BCUT2D eigenvalue weighted by Gasteiger charge is -2.16. The molecule has 2 rings (SSSR count). The van der Waals surface area contributed by atoms with Crippen LogP contribution in [0.15, 0.2) is 48.5 Å². The van der Waals surface area contributed by atoms with Crippen LogP contribution in [0.1, 0.15) is 57.8 Å². The number of primary amides is 1. The number of carboxylic acid groups (broad SMARTS) is 2. The molecule has 0 saturated carbocycles. The van der Waals surface area contributed by atoms with E-state index in [2.05, 4.69) is 11.1 Å². The van der Waals surface area contributed by atoms with Gasteiger partial charge in [0.1, 0.15) is 5.75 Å². The zero-order valence-corrected chi connectivity index (χ0v) is 22.5. The van der Waals surface area contributed by atoms with Gasteiger partial charge in [-0.05, 0) is 36.8 Å². The second-order valence-electron chi connectivity index (χ2n) is 6.88. The van der Waals surface area contributed by atoms with Crippen molar-refractivity contribution in [1.82, 2.24) is 5.32 Å². The Morgan fingerprint density at radius 1 is 1.03 bits per heavy atom. The highest BCUT2D eigenvalue weighted by atomic mass is 35.5. The normalized spacial score (nSPS) is 11.5. The van der Waals surface area contributed by atoms with Crippen LogP contribution < -0.4 is 21.5 Å². The number of carbonyl (C=O) groups excluding carboxylic acids is 1. The Labute approximate surface area is 224 Å². The Morgan fingerprint density at radius 2 is 1.58 bits per heavy atom. The second-order valence-corrected chi connectivity index (χ2v) is 7.32. The molecule has 8 N–H and O–H groups in total.